The highest BCUT2D eigenvalue weighted by molar-refractivity contribution is 4.91. The Hall–Kier alpha value is -0.460. The van der Waals surface area contributed by atoms with Crippen LogP contribution in [-0.2, 0) is 4.74 Å². The molecule has 1 heterocycles. The second-order valence-electron chi connectivity index (χ2n) is 3.08. The van der Waals surface area contributed by atoms with Gasteiger partial charge in [-0.15, -0.1) is 0 Å². The lowest BCUT2D eigenvalue weighted by Gasteiger charge is -2.26. The molecule has 0 saturated carbocycles. The SMILES string of the molecule is F[C@H](C(F)(F)F)C(F)(F)[C@@H]1CCCO1. The van der Waals surface area contributed by atoms with Gasteiger partial charge in [0.1, 0.15) is 6.10 Å². The van der Waals surface area contributed by atoms with E-state index in [1.807, 2.05) is 0 Å². The fraction of sp³-hybridized carbons (Fsp3) is 1.00. The summed E-state index contributed by atoms with van der Waals surface area (Å²) in [5, 5.41) is 0. The quantitative estimate of drug-likeness (QED) is 0.652. The fourth-order valence-electron chi connectivity index (χ4n) is 1.26. The normalized spacial score (nSPS) is 26.6. The van der Waals surface area contributed by atoms with Gasteiger partial charge in [-0.3, -0.25) is 0 Å². The zero-order valence-electron chi connectivity index (χ0n) is 6.95. The van der Waals surface area contributed by atoms with E-state index < -0.39 is 24.4 Å². The Bertz CT molecular complexity index is 195. The molecular formula is C7H8F6O. The van der Waals surface area contributed by atoms with Crippen LogP contribution in [0.4, 0.5) is 26.3 Å². The lowest BCUT2D eigenvalue weighted by molar-refractivity contribution is -0.267. The van der Waals surface area contributed by atoms with E-state index in [1.165, 1.54) is 0 Å². The Kier molecular flexibility index (Phi) is 2.99. The lowest BCUT2D eigenvalue weighted by Crippen LogP contribution is -2.49. The van der Waals surface area contributed by atoms with Crippen molar-refractivity contribution in [2.45, 2.75) is 37.2 Å². The van der Waals surface area contributed by atoms with Crippen LogP contribution < -0.4 is 0 Å². The molecule has 2 atom stereocenters. The molecule has 14 heavy (non-hydrogen) atoms. The van der Waals surface area contributed by atoms with Gasteiger partial charge in [0.15, 0.2) is 0 Å². The molecule has 0 N–H and O–H groups in total. The Labute approximate surface area is 76.0 Å². The molecule has 0 spiro atoms. The Balaban J connectivity index is 2.72. The van der Waals surface area contributed by atoms with Crippen molar-refractivity contribution in [3.8, 4) is 0 Å². The van der Waals surface area contributed by atoms with Crippen LogP contribution in [0.2, 0.25) is 0 Å². The molecule has 1 rings (SSSR count). The minimum Gasteiger partial charge on any atom is -0.372 e. The Morgan fingerprint density at radius 3 is 2.07 bits per heavy atom. The van der Waals surface area contributed by atoms with Gasteiger partial charge in [-0.2, -0.15) is 13.2 Å². The Morgan fingerprint density at radius 2 is 1.71 bits per heavy atom. The first-order valence-electron chi connectivity index (χ1n) is 3.96. The molecular weight excluding hydrogens is 214 g/mol. The predicted octanol–water partition coefficient (Wildman–Crippen LogP) is 2.70. The number of ether oxygens (including phenoxy) is 1. The van der Waals surface area contributed by atoms with Crippen LogP contribution in [0.3, 0.4) is 0 Å². The van der Waals surface area contributed by atoms with E-state index in [0.29, 0.717) is 0 Å². The summed E-state index contributed by atoms with van der Waals surface area (Å²) in [5.41, 5.74) is 0. The van der Waals surface area contributed by atoms with Crippen LogP contribution in [0.5, 0.6) is 0 Å². The molecule has 0 aromatic heterocycles. The highest BCUT2D eigenvalue weighted by Gasteiger charge is 2.61. The molecule has 0 aliphatic carbocycles. The minimum atomic E-state index is -5.55. The maximum absolute atomic E-state index is 12.8. The average Bonchev–Trinajstić information content (AvgIpc) is 2.53. The summed E-state index contributed by atoms with van der Waals surface area (Å²) in [5.74, 6) is -4.49. The molecule has 84 valence electrons. The van der Waals surface area contributed by atoms with Gasteiger partial charge in [0.25, 0.3) is 6.17 Å². The van der Waals surface area contributed by atoms with Crippen molar-refractivity contribution >= 4 is 0 Å². The largest absolute Gasteiger partial charge is 0.425 e. The molecule has 0 unspecified atom stereocenters. The number of hydrogen-bond donors (Lipinski definition) is 0. The van der Waals surface area contributed by atoms with Gasteiger partial charge < -0.3 is 4.74 Å². The molecule has 0 amide bonds. The molecule has 0 radical (unpaired) electrons. The molecule has 1 aliphatic rings. The number of halogens is 6. The molecule has 0 bridgehead atoms. The van der Waals surface area contributed by atoms with Crippen molar-refractivity contribution in [3.63, 3.8) is 0 Å². The van der Waals surface area contributed by atoms with Gasteiger partial charge in [-0.05, 0) is 12.8 Å². The van der Waals surface area contributed by atoms with Crippen LogP contribution in [-0.4, -0.2) is 31.0 Å². The third-order valence-electron chi connectivity index (χ3n) is 1.98. The maximum Gasteiger partial charge on any atom is 0.425 e. The monoisotopic (exact) mass is 222 g/mol. The zero-order valence-corrected chi connectivity index (χ0v) is 6.95. The van der Waals surface area contributed by atoms with Gasteiger partial charge in [0, 0.05) is 6.61 Å². The van der Waals surface area contributed by atoms with Crippen LogP contribution >= 0.6 is 0 Å². The summed E-state index contributed by atoms with van der Waals surface area (Å²) < 4.78 is 77.4. The summed E-state index contributed by atoms with van der Waals surface area (Å²) in [6.45, 7) is -0.0508. The summed E-state index contributed by atoms with van der Waals surface area (Å²) in [4.78, 5) is 0. The summed E-state index contributed by atoms with van der Waals surface area (Å²) >= 11 is 0. The highest BCUT2D eigenvalue weighted by atomic mass is 19.4. The van der Waals surface area contributed by atoms with Gasteiger partial charge in [0.05, 0.1) is 0 Å². The first-order valence-corrected chi connectivity index (χ1v) is 3.96. The molecule has 1 aliphatic heterocycles. The third-order valence-corrected chi connectivity index (χ3v) is 1.98. The van der Waals surface area contributed by atoms with Crippen LogP contribution in [0.25, 0.3) is 0 Å². The maximum atomic E-state index is 12.8. The van der Waals surface area contributed by atoms with Crippen LogP contribution in [0, 0.1) is 0 Å². The van der Waals surface area contributed by atoms with Crippen molar-refractivity contribution in [1.29, 1.82) is 0 Å². The Morgan fingerprint density at radius 1 is 1.14 bits per heavy atom. The average molecular weight is 222 g/mol. The van der Waals surface area contributed by atoms with E-state index in [-0.39, 0.29) is 19.4 Å². The van der Waals surface area contributed by atoms with Crippen LogP contribution in [0.1, 0.15) is 12.8 Å². The highest BCUT2D eigenvalue weighted by Crippen LogP contribution is 2.40. The van der Waals surface area contributed by atoms with Crippen molar-refractivity contribution in [2.75, 3.05) is 6.61 Å². The molecule has 0 aromatic rings. The first kappa shape index (κ1) is 11.6. The third kappa shape index (κ3) is 2.13. The van der Waals surface area contributed by atoms with E-state index in [2.05, 4.69) is 4.74 Å². The number of hydrogen-bond acceptors (Lipinski definition) is 1. The summed E-state index contributed by atoms with van der Waals surface area (Å²) in [6.07, 6.45) is -11.7. The van der Waals surface area contributed by atoms with Crippen molar-refractivity contribution < 1.29 is 31.1 Å². The summed E-state index contributed by atoms with van der Waals surface area (Å²) in [6, 6.07) is 0. The van der Waals surface area contributed by atoms with Crippen LogP contribution in [0.15, 0.2) is 0 Å². The fourth-order valence-corrected chi connectivity index (χ4v) is 1.26. The van der Waals surface area contributed by atoms with E-state index >= 15 is 0 Å². The first-order chi connectivity index (χ1) is 6.26. The van der Waals surface area contributed by atoms with Gasteiger partial charge in [-0.25, -0.2) is 13.2 Å². The second-order valence-corrected chi connectivity index (χ2v) is 3.08. The van der Waals surface area contributed by atoms with E-state index in [4.69, 9.17) is 0 Å². The van der Waals surface area contributed by atoms with E-state index in [1.54, 1.807) is 0 Å². The molecule has 7 heteroatoms. The number of rotatable bonds is 2. The lowest BCUT2D eigenvalue weighted by atomic mass is 10.0. The number of alkyl halides is 6. The molecule has 1 fully saturated rings. The summed E-state index contributed by atoms with van der Waals surface area (Å²) in [7, 11) is 0. The van der Waals surface area contributed by atoms with Crippen molar-refractivity contribution in [3.05, 3.63) is 0 Å². The van der Waals surface area contributed by atoms with E-state index in [0.717, 1.165) is 0 Å². The van der Waals surface area contributed by atoms with Crippen molar-refractivity contribution in [2.24, 2.45) is 0 Å². The minimum absolute atomic E-state index is 0.0508. The molecule has 1 nitrogen and oxygen atoms in total. The smallest absolute Gasteiger partial charge is 0.372 e. The van der Waals surface area contributed by atoms with Gasteiger partial charge in [0.2, 0.25) is 0 Å². The zero-order chi connectivity index (χ0) is 11.0. The molecule has 0 aromatic carbocycles. The topological polar surface area (TPSA) is 9.23 Å². The van der Waals surface area contributed by atoms with E-state index in [9.17, 15) is 26.3 Å². The second kappa shape index (κ2) is 3.60. The predicted molar refractivity (Wildman–Crippen MR) is 34.9 cm³/mol. The standard InChI is InChI=1S/C7H8F6O/c8-5(7(11,12)13)6(9,10)4-2-1-3-14-4/h4-5H,1-3H2/t4-,5-/m0/s1. The van der Waals surface area contributed by atoms with Crippen molar-refractivity contribution in [1.82, 2.24) is 0 Å². The van der Waals surface area contributed by atoms with Gasteiger partial charge in [-0.1, -0.05) is 0 Å². The van der Waals surface area contributed by atoms with Gasteiger partial charge >= 0.3 is 12.1 Å². The molecule has 1 saturated heterocycles.